The molecular weight excluding hydrogens is 384 g/mol. The van der Waals surface area contributed by atoms with Gasteiger partial charge in [-0.1, -0.05) is 0 Å². The molecule has 2 fully saturated rings. The van der Waals surface area contributed by atoms with E-state index in [1.54, 1.807) is 0 Å². The molecule has 2 aliphatic carbocycles. The summed E-state index contributed by atoms with van der Waals surface area (Å²) in [7, 11) is 2.69. The Hall–Kier alpha value is -2.16. The molecule has 2 aliphatic rings. The number of carbonyl (C=O) groups excluding carboxylic acids is 4. The van der Waals surface area contributed by atoms with Crippen LogP contribution in [0.5, 0.6) is 0 Å². The molecule has 9 heteroatoms. The molecule has 0 saturated heterocycles. The molecule has 164 valence electrons. The Kier molecular flexibility index (Phi) is 9.37. The minimum absolute atomic E-state index is 0.107. The maximum absolute atomic E-state index is 12.0. The first kappa shape index (κ1) is 23.1. The van der Waals surface area contributed by atoms with Crippen molar-refractivity contribution < 1.29 is 42.9 Å². The van der Waals surface area contributed by atoms with Gasteiger partial charge in [0.1, 0.15) is 13.2 Å². The highest BCUT2D eigenvalue weighted by atomic mass is 16.6. The van der Waals surface area contributed by atoms with Gasteiger partial charge in [0.25, 0.3) is 0 Å². The quantitative estimate of drug-likeness (QED) is 0.296. The van der Waals surface area contributed by atoms with Crippen molar-refractivity contribution in [1.82, 2.24) is 0 Å². The zero-order valence-corrected chi connectivity index (χ0v) is 17.1. The highest BCUT2D eigenvalue weighted by Gasteiger charge is 2.36. The average molecular weight is 414 g/mol. The van der Waals surface area contributed by atoms with Gasteiger partial charge < -0.3 is 23.7 Å². The Labute approximate surface area is 170 Å². The molecule has 0 bridgehead atoms. The van der Waals surface area contributed by atoms with Gasteiger partial charge in [-0.15, -0.1) is 0 Å². The Bertz CT molecular complexity index is 539. The van der Waals surface area contributed by atoms with Gasteiger partial charge in [0.15, 0.2) is 0 Å². The Morgan fingerprint density at radius 2 is 0.931 bits per heavy atom. The third-order valence-corrected chi connectivity index (χ3v) is 5.54. The summed E-state index contributed by atoms with van der Waals surface area (Å²) < 4.78 is 25.1. The van der Waals surface area contributed by atoms with E-state index >= 15 is 0 Å². The van der Waals surface area contributed by atoms with E-state index in [1.807, 2.05) is 0 Å². The van der Waals surface area contributed by atoms with Crippen LogP contribution in [0, 0.1) is 23.7 Å². The van der Waals surface area contributed by atoms with Crippen molar-refractivity contribution in [1.29, 1.82) is 0 Å². The van der Waals surface area contributed by atoms with Crippen LogP contribution < -0.4 is 0 Å². The number of carbonyl (C=O) groups is 4. The van der Waals surface area contributed by atoms with Gasteiger partial charge in [-0.25, -0.2) is 0 Å². The van der Waals surface area contributed by atoms with E-state index in [0.717, 1.165) is 0 Å². The van der Waals surface area contributed by atoms with Crippen LogP contribution in [0.1, 0.15) is 38.5 Å². The topological polar surface area (TPSA) is 114 Å². The van der Waals surface area contributed by atoms with Gasteiger partial charge in [0, 0.05) is 0 Å². The van der Waals surface area contributed by atoms with Crippen LogP contribution in [0.25, 0.3) is 0 Å². The Morgan fingerprint density at radius 3 is 1.28 bits per heavy atom. The highest BCUT2D eigenvalue weighted by molar-refractivity contribution is 5.78. The van der Waals surface area contributed by atoms with Gasteiger partial charge in [0.2, 0.25) is 0 Å². The van der Waals surface area contributed by atoms with E-state index in [1.165, 1.54) is 14.2 Å². The van der Waals surface area contributed by atoms with E-state index in [4.69, 9.17) is 23.7 Å². The van der Waals surface area contributed by atoms with Crippen molar-refractivity contribution in [2.75, 3.05) is 40.6 Å². The molecule has 0 radical (unpaired) electrons. The second-order valence-electron chi connectivity index (χ2n) is 7.41. The van der Waals surface area contributed by atoms with Crippen LogP contribution in [0.4, 0.5) is 0 Å². The van der Waals surface area contributed by atoms with E-state index in [9.17, 15) is 19.2 Å². The second kappa shape index (κ2) is 11.7. The SMILES string of the molecule is COC(=O)[C@@H]1CC[C@H](C(=O)OCCOCCOC(=O)[C@@H]2CC[C@H](C(=O)OC)C2)C1. The summed E-state index contributed by atoms with van der Waals surface area (Å²) in [6, 6.07) is 0. The fourth-order valence-electron chi connectivity index (χ4n) is 3.89. The zero-order valence-electron chi connectivity index (χ0n) is 17.1. The van der Waals surface area contributed by atoms with E-state index < -0.39 is 0 Å². The number of ether oxygens (including phenoxy) is 5. The number of hydrogen-bond donors (Lipinski definition) is 0. The molecule has 0 unspecified atom stereocenters. The molecule has 2 saturated carbocycles. The number of esters is 4. The molecule has 0 aromatic heterocycles. The summed E-state index contributed by atoms with van der Waals surface area (Å²) >= 11 is 0. The summed E-state index contributed by atoms with van der Waals surface area (Å²) in [4.78, 5) is 46.9. The summed E-state index contributed by atoms with van der Waals surface area (Å²) in [6.07, 6.45) is 3.42. The van der Waals surface area contributed by atoms with Gasteiger partial charge in [-0.2, -0.15) is 0 Å². The van der Waals surface area contributed by atoms with Crippen molar-refractivity contribution in [2.24, 2.45) is 23.7 Å². The smallest absolute Gasteiger partial charge is 0.309 e. The molecule has 0 amide bonds. The number of rotatable bonds is 10. The molecule has 4 atom stereocenters. The van der Waals surface area contributed by atoms with E-state index in [-0.39, 0.29) is 74.0 Å². The summed E-state index contributed by atoms with van der Waals surface area (Å²) in [6.45, 7) is 0.611. The molecular formula is C20H30O9. The minimum Gasteiger partial charge on any atom is -0.469 e. The highest BCUT2D eigenvalue weighted by Crippen LogP contribution is 2.33. The van der Waals surface area contributed by atoms with Crippen molar-refractivity contribution >= 4 is 23.9 Å². The van der Waals surface area contributed by atoms with Crippen molar-refractivity contribution in [3.8, 4) is 0 Å². The minimum atomic E-state index is -0.326. The molecule has 0 aliphatic heterocycles. The third-order valence-electron chi connectivity index (χ3n) is 5.54. The fraction of sp³-hybridized carbons (Fsp3) is 0.800. The molecule has 0 N–H and O–H groups in total. The summed E-state index contributed by atoms with van der Waals surface area (Å²) in [5.74, 6) is -2.23. The standard InChI is InChI=1S/C20H30O9/c1-25-17(21)13-3-5-15(11-13)19(23)28-9-7-27-8-10-29-20(24)16-6-4-14(12-16)18(22)26-2/h13-16H,3-12H2,1-2H3/t13-,14+,15+,16-. The van der Waals surface area contributed by atoms with Crippen LogP contribution in [-0.2, 0) is 42.9 Å². The number of hydrogen-bond acceptors (Lipinski definition) is 9. The molecule has 0 spiro atoms. The van der Waals surface area contributed by atoms with Crippen LogP contribution in [-0.4, -0.2) is 64.5 Å². The normalized spacial score (nSPS) is 26.0. The maximum atomic E-state index is 12.0. The molecule has 2 rings (SSSR count). The molecule has 0 aromatic rings. The number of methoxy groups -OCH3 is 2. The first-order valence-corrected chi connectivity index (χ1v) is 10.0. The Morgan fingerprint density at radius 1 is 0.586 bits per heavy atom. The summed E-state index contributed by atoms with van der Waals surface area (Å²) in [5.41, 5.74) is 0. The van der Waals surface area contributed by atoms with Crippen LogP contribution in [0.2, 0.25) is 0 Å². The van der Waals surface area contributed by atoms with Gasteiger partial charge in [-0.3, -0.25) is 19.2 Å². The lowest BCUT2D eigenvalue weighted by Gasteiger charge is -2.12. The van der Waals surface area contributed by atoms with Gasteiger partial charge in [-0.05, 0) is 38.5 Å². The first-order chi connectivity index (χ1) is 14.0. The van der Waals surface area contributed by atoms with E-state index in [0.29, 0.717) is 38.5 Å². The largest absolute Gasteiger partial charge is 0.469 e. The second-order valence-corrected chi connectivity index (χ2v) is 7.41. The van der Waals surface area contributed by atoms with Crippen LogP contribution in [0.3, 0.4) is 0 Å². The molecule has 9 nitrogen and oxygen atoms in total. The first-order valence-electron chi connectivity index (χ1n) is 10.0. The lowest BCUT2D eigenvalue weighted by Crippen LogP contribution is -2.21. The lowest BCUT2D eigenvalue weighted by atomic mass is 10.1. The van der Waals surface area contributed by atoms with Crippen LogP contribution >= 0.6 is 0 Å². The zero-order chi connectivity index (χ0) is 21.2. The third kappa shape index (κ3) is 6.99. The average Bonchev–Trinajstić information content (AvgIpc) is 3.41. The Balaban J connectivity index is 1.49. The van der Waals surface area contributed by atoms with Crippen molar-refractivity contribution in [3.63, 3.8) is 0 Å². The predicted molar refractivity (Wildman–Crippen MR) is 98.4 cm³/mol. The molecule has 0 aromatic carbocycles. The molecule has 29 heavy (non-hydrogen) atoms. The van der Waals surface area contributed by atoms with Crippen molar-refractivity contribution in [3.05, 3.63) is 0 Å². The van der Waals surface area contributed by atoms with E-state index in [2.05, 4.69) is 0 Å². The monoisotopic (exact) mass is 414 g/mol. The summed E-state index contributed by atoms with van der Waals surface area (Å²) in [5, 5.41) is 0. The van der Waals surface area contributed by atoms with Gasteiger partial charge >= 0.3 is 23.9 Å². The van der Waals surface area contributed by atoms with Crippen molar-refractivity contribution in [2.45, 2.75) is 38.5 Å². The van der Waals surface area contributed by atoms with Crippen LogP contribution in [0.15, 0.2) is 0 Å². The predicted octanol–water partition coefficient (Wildman–Crippen LogP) is 1.27. The molecule has 0 heterocycles. The maximum Gasteiger partial charge on any atom is 0.309 e. The van der Waals surface area contributed by atoms with Gasteiger partial charge in [0.05, 0.1) is 51.1 Å². The fourth-order valence-corrected chi connectivity index (χ4v) is 3.89. The lowest BCUT2D eigenvalue weighted by molar-refractivity contribution is -0.151.